The molecule has 0 radical (unpaired) electrons. The Balaban J connectivity index is 1.98. The number of aliphatic hydroxyl groups is 1. The summed E-state index contributed by atoms with van der Waals surface area (Å²) in [6, 6.07) is 3.67. The highest BCUT2D eigenvalue weighted by atomic mass is 32.2. The molecule has 5 heteroatoms. The van der Waals surface area contributed by atoms with Gasteiger partial charge < -0.3 is 9.84 Å². The number of ether oxygens (including phenoxy) is 1. The normalized spacial score (nSPS) is 38.7. The third-order valence-corrected chi connectivity index (χ3v) is 6.18. The lowest BCUT2D eigenvalue weighted by molar-refractivity contribution is 0.0157. The summed E-state index contributed by atoms with van der Waals surface area (Å²) in [5.41, 5.74) is -0.194. The van der Waals surface area contributed by atoms with Gasteiger partial charge in [-0.1, -0.05) is 0 Å². The minimum absolute atomic E-state index is 0.124. The van der Waals surface area contributed by atoms with E-state index in [4.69, 9.17) is 4.74 Å². The lowest BCUT2D eigenvalue weighted by Gasteiger charge is -2.36. The molecular weight excluding hydrogens is 250 g/mol. The van der Waals surface area contributed by atoms with Crippen LogP contribution in [0.25, 0.3) is 0 Å². The minimum Gasteiger partial charge on any atom is -0.481 e. The van der Waals surface area contributed by atoms with E-state index in [1.807, 2.05) is 12.1 Å². The first-order valence-corrected chi connectivity index (χ1v) is 7.53. The summed E-state index contributed by atoms with van der Waals surface area (Å²) in [7, 11) is 0.792. The van der Waals surface area contributed by atoms with E-state index in [2.05, 4.69) is 4.98 Å². The van der Waals surface area contributed by atoms with Crippen LogP contribution in [0.15, 0.2) is 18.3 Å². The molecule has 2 atom stereocenters. The highest BCUT2D eigenvalue weighted by Crippen LogP contribution is 2.47. The molecule has 2 saturated heterocycles. The summed E-state index contributed by atoms with van der Waals surface area (Å²) >= 11 is 0. The number of rotatable bonds is 2. The Kier molecular flexibility index (Phi) is 2.90. The zero-order chi connectivity index (χ0) is 12.8. The SMILES string of the molecule is COc1ncccc1C1(O)CC2CCC(C1)S2=O. The van der Waals surface area contributed by atoms with Gasteiger partial charge in [-0.15, -0.1) is 0 Å². The van der Waals surface area contributed by atoms with Crippen LogP contribution in [0.5, 0.6) is 5.88 Å². The number of nitrogens with zero attached hydrogens (tertiary/aromatic N) is 1. The van der Waals surface area contributed by atoms with Gasteiger partial charge in [-0.3, -0.25) is 4.21 Å². The molecule has 0 aliphatic carbocycles. The van der Waals surface area contributed by atoms with Gasteiger partial charge in [0, 0.05) is 33.1 Å². The Morgan fingerprint density at radius 2 is 2.11 bits per heavy atom. The first-order chi connectivity index (χ1) is 8.64. The molecule has 2 unspecified atom stereocenters. The molecule has 1 aromatic heterocycles. The van der Waals surface area contributed by atoms with Crippen LogP contribution < -0.4 is 4.74 Å². The Morgan fingerprint density at radius 3 is 2.72 bits per heavy atom. The van der Waals surface area contributed by atoms with Crippen LogP contribution in [0, 0.1) is 0 Å². The lowest BCUT2D eigenvalue weighted by atomic mass is 9.86. The average Bonchev–Trinajstić information content (AvgIpc) is 2.63. The van der Waals surface area contributed by atoms with Crippen molar-refractivity contribution in [1.82, 2.24) is 4.98 Å². The maximum Gasteiger partial charge on any atom is 0.219 e. The summed E-state index contributed by atoms with van der Waals surface area (Å²) in [5, 5.41) is 11.1. The fraction of sp³-hybridized carbons (Fsp3) is 0.615. The number of pyridine rings is 1. The van der Waals surface area contributed by atoms with Gasteiger partial charge in [-0.25, -0.2) is 4.98 Å². The first kappa shape index (κ1) is 12.1. The van der Waals surface area contributed by atoms with Crippen molar-refractivity contribution in [3.63, 3.8) is 0 Å². The van der Waals surface area contributed by atoms with E-state index in [0.29, 0.717) is 18.7 Å². The predicted octanol–water partition coefficient (Wildman–Crippen LogP) is 1.35. The standard InChI is InChI=1S/C13H17NO3S/c1-17-12-11(3-2-6-14-12)13(15)7-9-4-5-10(8-13)18(9)16/h2-3,6,9-10,15H,4-5,7-8H2,1H3. The molecule has 2 aliphatic heterocycles. The molecule has 0 spiro atoms. The highest BCUT2D eigenvalue weighted by molar-refractivity contribution is 7.86. The van der Waals surface area contributed by atoms with Gasteiger partial charge in [0.25, 0.3) is 0 Å². The fourth-order valence-electron chi connectivity index (χ4n) is 3.21. The van der Waals surface area contributed by atoms with Gasteiger partial charge in [0.1, 0.15) is 0 Å². The third-order valence-electron chi connectivity index (χ3n) is 4.06. The van der Waals surface area contributed by atoms with Gasteiger partial charge in [0.05, 0.1) is 12.7 Å². The predicted molar refractivity (Wildman–Crippen MR) is 68.9 cm³/mol. The van der Waals surface area contributed by atoms with E-state index >= 15 is 0 Å². The molecule has 0 saturated carbocycles. The van der Waals surface area contributed by atoms with Crippen LogP contribution in [-0.4, -0.2) is 31.9 Å². The molecule has 2 bridgehead atoms. The zero-order valence-electron chi connectivity index (χ0n) is 10.3. The largest absolute Gasteiger partial charge is 0.481 e. The topological polar surface area (TPSA) is 59.4 Å². The second-order valence-electron chi connectivity index (χ2n) is 5.15. The minimum atomic E-state index is -0.931. The second kappa shape index (κ2) is 4.31. The molecular formula is C13H17NO3S. The maximum absolute atomic E-state index is 12.0. The van der Waals surface area contributed by atoms with Gasteiger partial charge >= 0.3 is 0 Å². The second-order valence-corrected chi connectivity index (χ2v) is 7.14. The first-order valence-electron chi connectivity index (χ1n) is 6.25. The Labute approximate surface area is 109 Å². The van der Waals surface area contributed by atoms with Crippen molar-refractivity contribution < 1.29 is 14.1 Å². The van der Waals surface area contributed by atoms with E-state index in [1.54, 1.807) is 13.3 Å². The maximum atomic E-state index is 12.0. The molecule has 0 aromatic carbocycles. The van der Waals surface area contributed by atoms with E-state index < -0.39 is 16.4 Å². The summed E-state index contributed by atoms with van der Waals surface area (Å²) < 4.78 is 17.2. The molecule has 3 rings (SSSR count). The van der Waals surface area contributed by atoms with E-state index in [-0.39, 0.29) is 10.5 Å². The summed E-state index contributed by atoms with van der Waals surface area (Å²) in [6.45, 7) is 0. The third kappa shape index (κ3) is 1.77. The Hall–Kier alpha value is -0.940. The van der Waals surface area contributed by atoms with E-state index in [9.17, 15) is 9.32 Å². The average molecular weight is 267 g/mol. The number of fused-ring (bicyclic) bond motifs is 2. The molecule has 1 aromatic rings. The van der Waals surface area contributed by atoms with Crippen LogP contribution in [-0.2, 0) is 16.4 Å². The molecule has 1 N–H and O–H groups in total. The van der Waals surface area contributed by atoms with Crippen LogP contribution in [0.1, 0.15) is 31.2 Å². The number of hydrogen-bond acceptors (Lipinski definition) is 4. The van der Waals surface area contributed by atoms with Gasteiger partial charge in [0.15, 0.2) is 0 Å². The number of methoxy groups -OCH3 is 1. The van der Waals surface area contributed by atoms with Crippen LogP contribution in [0.3, 0.4) is 0 Å². The quantitative estimate of drug-likeness (QED) is 0.878. The molecule has 0 amide bonds. The summed E-state index contributed by atoms with van der Waals surface area (Å²) in [6.07, 6.45) is 4.68. The molecule has 4 nitrogen and oxygen atoms in total. The van der Waals surface area contributed by atoms with Crippen molar-refractivity contribution in [2.75, 3.05) is 7.11 Å². The smallest absolute Gasteiger partial charge is 0.219 e. The van der Waals surface area contributed by atoms with Crippen LogP contribution >= 0.6 is 0 Å². The monoisotopic (exact) mass is 267 g/mol. The zero-order valence-corrected chi connectivity index (χ0v) is 11.2. The molecule has 3 heterocycles. The summed E-state index contributed by atoms with van der Waals surface area (Å²) in [4.78, 5) is 4.15. The Morgan fingerprint density at radius 1 is 1.44 bits per heavy atom. The lowest BCUT2D eigenvalue weighted by Crippen LogP contribution is -2.40. The Bertz CT molecular complexity index is 475. The number of aromatic nitrogens is 1. The van der Waals surface area contributed by atoms with Crippen molar-refractivity contribution in [1.29, 1.82) is 0 Å². The molecule has 2 aliphatic rings. The molecule has 18 heavy (non-hydrogen) atoms. The molecule has 98 valence electrons. The van der Waals surface area contributed by atoms with Gasteiger partial charge in [0.2, 0.25) is 5.88 Å². The fourth-order valence-corrected chi connectivity index (χ4v) is 5.37. The van der Waals surface area contributed by atoms with Crippen molar-refractivity contribution in [2.45, 2.75) is 41.8 Å². The van der Waals surface area contributed by atoms with Crippen molar-refractivity contribution in [3.8, 4) is 5.88 Å². The van der Waals surface area contributed by atoms with Crippen LogP contribution in [0.2, 0.25) is 0 Å². The van der Waals surface area contributed by atoms with Crippen molar-refractivity contribution in [3.05, 3.63) is 23.9 Å². The molecule has 2 fully saturated rings. The number of hydrogen-bond donors (Lipinski definition) is 1. The van der Waals surface area contributed by atoms with Crippen molar-refractivity contribution >= 4 is 10.8 Å². The van der Waals surface area contributed by atoms with E-state index in [1.165, 1.54) is 0 Å². The summed E-state index contributed by atoms with van der Waals surface area (Å²) in [5.74, 6) is 0.479. The van der Waals surface area contributed by atoms with Crippen molar-refractivity contribution in [2.24, 2.45) is 0 Å². The van der Waals surface area contributed by atoms with Gasteiger partial charge in [-0.2, -0.15) is 0 Å². The van der Waals surface area contributed by atoms with Crippen LogP contribution in [0.4, 0.5) is 0 Å². The van der Waals surface area contributed by atoms with Gasteiger partial charge in [-0.05, 0) is 37.8 Å². The van der Waals surface area contributed by atoms with E-state index in [0.717, 1.165) is 18.4 Å². The highest BCUT2D eigenvalue weighted by Gasteiger charge is 2.49.